The van der Waals surface area contributed by atoms with E-state index in [1.54, 1.807) is 0 Å². The molecule has 0 fully saturated rings. The van der Waals surface area contributed by atoms with Crippen molar-refractivity contribution in [2.75, 3.05) is 5.32 Å². The van der Waals surface area contributed by atoms with Crippen LogP contribution in [0.2, 0.25) is 0 Å². The molecule has 0 aliphatic rings. The lowest BCUT2D eigenvalue weighted by atomic mass is 10.2. The Bertz CT molecular complexity index is 847. The molecule has 0 aromatic heterocycles. The predicted octanol–water partition coefficient (Wildman–Crippen LogP) is 6.71. The van der Waals surface area contributed by atoms with Crippen LogP contribution < -0.4 is 10.1 Å². The maximum Gasteiger partial charge on any atom is 0.134 e. The van der Waals surface area contributed by atoms with Gasteiger partial charge in [0.1, 0.15) is 12.4 Å². The number of ether oxygens (including phenoxy) is 1. The summed E-state index contributed by atoms with van der Waals surface area (Å²) in [5, 5.41) is 3.45. The van der Waals surface area contributed by atoms with Crippen LogP contribution in [0.4, 0.5) is 5.69 Å². The second kappa shape index (κ2) is 8.54. The molecule has 0 amide bonds. The number of halogens is 2. The van der Waals surface area contributed by atoms with Crippen molar-refractivity contribution in [3.8, 4) is 5.75 Å². The number of hydrogen-bond donors (Lipinski definition) is 1. The van der Waals surface area contributed by atoms with Crippen LogP contribution in [-0.4, -0.2) is 0 Å². The van der Waals surface area contributed by atoms with Crippen LogP contribution >= 0.6 is 31.9 Å². The maximum absolute atomic E-state index is 5.91. The zero-order valence-electron chi connectivity index (χ0n) is 13.9. The molecular formula is C21H19Br2NO. The molecule has 1 N–H and O–H groups in total. The highest BCUT2D eigenvalue weighted by molar-refractivity contribution is 9.10. The van der Waals surface area contributed by atoms with Gasteiger partial charge in [-0.3, -0.25) is 0 Å². The van der Waals surface area contributed by atoms with E-state index in [0.29, 0.717) is 6.61 Å². The van der Waals surface area contributed by atoms with Crippen molar-refractivity contribution >= 4 is 37.5 Å². The lowest BCUT2D eigenvalue weighted by Crippen LogP contribution is -2.01. The number of aryl methyl sites for hydroxylation is 1. The van der Waals surface area contributed by atoms with E-state index in [1.807, 2.05) is 18.2 Å². The van der Waals surface area contributed by atoms with Crippen LogP contribution in [0.25, 0.3) is 0 Å². The van der Waals surface area contributed by atoms with Gasteiger partial charge < -0.3 is 10.1 Å². The quantitative estimate of drug-likeness (QED) is 0.441. The van der Waals surface area contributed by atoms with Crippen LogP contribution in [-0.2, 0) is 13.2 Å². The van der Waals surface area contributed by atoms with Crippen molar-refractivity contribution in [1.82, 2.24) is 0 Å². The molecule has 0 aliphatic carbocycles. The molecular weight excluding hydrogens is 442 g/mol. The van der Waals surface area contributed by atoms with Crippen molar-refractivity contribution in [2.24, 2.45) is 0 Å². The van der Waals surface area contributed by atoms with Crippen LogP contribution in [0.15, 0.2) is 75.7 Å². The summed E-state index contributed by atoms with van der Waals surface area (Å²) in [5.41, 5.74) is 4.72. The smallest absolute Gasteiger partial charge is 0.134 e. The van der Waals surface area contributed by atoms with E-state index in [4.69, 9.17) is 4.74 Å². The highest BCUT2D eigenvalue weighted by atomic mass is 79.9. The Morgan fingerprint density at radius 1 is 0.880 bits per heavy atom. The summed E-state index contributed by atoms with van der Waals surface area (Å²) in [6.07, 6.45) is 0. The van der Waals surface area contributed by atoms with Gasteiger partial charge in [-0.05, 0) is 75.9 Å². The fourth-order valence-corrected chi connectivity index (χ4v) is 3.28. The van der Waals surface area contributed by atoms with Gasteiger partial charge in [0, 0.05) is 16.7 Å². The molecule has 2 nitrogen and oxygen atoms in total. The van der Waals surface area contributed by atoms with Gasteiger partial charge in [-0.1, -0.05) is 46.3 Å². The van der Waals surface area contributed by atoms with Gasteiger partial charge in [0.25, 0.3) is 0 Å². The zero-order valence-corrected chi connectivity index (χ0v) is 17.1. The van der Waals surface area contributed by atoms with E-state index < -0.39 is 0 Å². The summed E-state index contributed by atoms with van der Waals surface area (Å²) < 4.78 is 7.95. The summed E-state index contributed by atoms with van der Waals surface area (Å²) in [4.78, 5) is 0. The monoisotopic (exact) mass is 459 g/mol. The summed E-state index contributed by atoms with van der Waals surface area (Å²) in [6, 6.07) is 22.7. The molecule has 0 spiro atoms. The minimum absolute atomic E-state index is 0.548. The second-order valence-corrected chi connectivity index (χ2v) is 7.67. The Labute approximate surface area is 165 Å². The Kier molecular flexibility index (Phi) is 6.16. The lowest BCUT2D eigenvalue weighted by molar-refractivity contribution is 0.304. The minimum atomic E-state index is 0.548. The molecule has 0 unspecified atom stereocenters. The Morgan fingerprint density at radius 3 is 2.36 bits per heavy atom. The van der Waals surface area contributed by atoms with Crippen molar-refractivity contribution < 1.29 is 4.74 Å². The van der Waals surface area contributed by atoms with Crippen molar-refractivity contribution in [2.45, 2.75) is 20.1 Å². The first kappa shape index (κ1) is 18.0. The first-order valence-electron chi connectivity index (χ1n) is 8.06. The lowest BCUT2D eigenvalue weighted by Gasteiger charge is -2.11. The molecule has 3 rings (SSSR count). The topological polar surface area (TPSA) is 21.3 Å². The summed E-state index contributed by atoms with van der Waals surface area (Å²) in [6.45, 7) is 3.42. The molecule has 0 heterocycles. The molecule has 0 radical (unpaired) electrons. The molecule has 0 saturated heterocycles. The third kappa shape index (κ3) is 5.35. The average molecular weight is 461 g/mol. The van der Waals surface area contributed by atoms with Gasteiger partial charge in [-0.25, -0.2) is 0 Å². The van der Waals surface area contributed by atoms with Gasteiger partial charge >= 0.3 is 0 Å². The minimum Gasteiger partial charge on any atom is -0.488 e. The average Bonchev–Trinajstić information content (AvgIpc) is 2.61. The normalized spacial score (nSPS) is 10.5. The van der Waals surface area contributed by atoms with Crippen LogP contribution in [0.1, 0.15) is 16.7 Å². The maximum atomic E-state index is 5.91. The van der Waals surface area contributed by atoms with Crippen molar-refractivity contribution in [3.63, 3.8) is 0 Å². The third-order valence-corrected chi connectivity index (χ3v) is 4.97. The number of nitrogens with one attached hydrogen (secondary N) is 1. The van der Waals surface area contributed by atoms with Gasteiger partial charge in [-0.2, -0.15) is 0 Å². The van der Waals surface area contributed by atoms with E-state index in [0.717, 1.165) is 32.5 Å². The molecule has 0 atom stereocenters. The van der Waals surface area contributed by atoms with E-state index in [-0.39, 0.29) is 0 Å². The predicted molar refractivity (Wildman–Crippen MR) is 111 cm³/mol. The Morgan fingerprint density at radius 2 is 1.64 bits per heavy atom. The number of anilines is 1. The number of benzene rings is 3. The van der Waals surface area contributed by atoms with Crippen LogP contribution in [0, 0.1) is 6.92 Å². The number of hydrogen-bond acceptors (Lipinski definition) is 2. The van der Waals surface area contributed by atoms with Gasteiger partial charge in [0.2, 0.25) is 0 Å². The van der Waals surface area contributed by atoms with E-state index in [9.17, 15) is 0 Å². The molecule has 25 heavy (non-hydrogen) atoms. The summed E-state index contributed by atoms with van der Waals surface area (Å²) in [5.74, 6) is 0.849. The Balaban J connectivity index is 1.59. The fraction of sp³-hybridized carbons (Fsp3) is 0.143. The molecule has 128 valence electrons. The molecule has 3 aromatic rings. The second-order valence-electron chi connectivity index (χ2n) is 5.90. The first-order valence-corrected chi connectivity index (χ1v) is 9.65. The molecule has 4 heteroatoms. The highest BCUT2D eigenvalue weighted by Gasteiger charge is 2.04. The molecule has 3 aromatic carbocycles. The summed E-state index contributed by atoms with van der Waals surface area (Å²) in [7, 11) is 0. The van der Waals surface area contributed by atoms with Gasteiger partial charge in [0.05, 0.1) is 4.47 Å². The zero-order chi connectivity index (χ0) is 17.6. The van der Waals surface area contributed by atoms with E-state index >= 15 is 0 Å². The van der Waals surface area contributed by atoms with Gasteiger partial charge in [-0.15, -0.1) is 0 Å². The van der Waals surface area contributed by atoms with E-state index in [1.165, 1.54) is 11.1 Å². The van der Waals surface area contributed by atoms with Crippen LogP contribution in [0.5, 0.6) is 5.75 Å². The number of rotatable bonds is 6. The molecule has 0 saturated carbocycles. The van der Waals surface area contributed by atoms with Crippen molar-refractivity contribution in [3.05, 3.63) is 92.4 Å². The molecule has 0 aliphatic heterocycles. The fourth-order valence-electron chi connectivity index (χ4n) is 2.47. The van der Waals surface area contributed by atoms with Crippen LogP contribution in [0.3, 0.4) is 0 Å². The molecule has 0 bridgehead atoms. The Hall–Kier alpha value is -1.78. The largest absolute Gasteiger partial charge is 0.488 e. The van der Waals surface area contributed by atoms with Crippen molar-refractivity contribution in [1.29, 1.82) is 0 Å². The highest BCUT2D eigenvalue weighted by Crippen LogP contribution is 2.27. The SMILES string of the molecule is Cc1cccc(NCc2ccc(OCc3ccc(Br)cc3)c(Br)c2)c1. The standard InChI is InChI=1S/C21H19Br2NO/c1-15-3-2-4-19(11-15)24-13-17-7-10-21(20(23)12-17)25-14-16-5-8-18(22)9-6-16/h2-12,24H,13-14H2,1H3. The first-order chi connectivity index (χ1) is 12.1. The third-order valence-electron chi connectivity index (χ3n) is 3.82. The van der Waals surface area contributed by atoms with E-state index in [2.05, 4.69) is 92.6 Å². The van der Waals surface area contributed by atoms with Gasteiger partial charge in [0.15, 0.2) is 0 Å². The summed E-state index contributed by atoms with van der Waals surface area (Å²) >= 11 is 7.05.